The second kappa shape index (κ2) is 10.1. The van der Waals surface area contributed by atoms with Gasteiger partial charge in [0, 0.05) is 33.6 Å². The highest BCUT2D eigenvalue weighted by molar-refractivity contribution is 7.84. The van der Waals surface area contributed by atoms with Gasteiger partial charge in [-0.3, -0.25) is 13.8 Å². The highest BCUT2D eigenvalue weighted by Crippen LogP contribution is 2.65. The van der Waals surface area contributed by atoms with Crippen LogP contribution in [-0.2, 0) is 15.6 Å². The summed E-state index contributed by atoms with van der Waals surface area (Å²) in [6.45, 7) is 0. The summed E-state index contributed by atoms with van der Waals surface area (Å²) >= 11 is 25.0. The summed E-state index contributed by atoms with van der Waals surface area (Å²) in [4.78, 5) is 26.2. The molecule has 0 radical (unpaired) electrons. The van der Waals surface area contributed by atoms with Crippen molar-refractivity contribution in [3.63, 3.8) is 0 Å². The molecule has 1 aliphatic carbocycles. The zero-order valence-electron chi connectivity index (χ0n) is 18.0. The second-order valence-electron chi connectivity index (χ2n) is 7.95. The molecule has 4 rings (SSSR count). The Hall–Kier alpha value is -2.16. The van der Waals surface area contributed by atoms with Crippen LogP contribution in [0.2, 0.25) is 10.0 Å². The molecule has 35 heavy (non-hydrogen) atoms. The topological polar surface area (TPSA) is 75.3 Å². The standard InChI is InChI=1S/C24H17Cl4FN2O3S/c1-35(34)19-7-6-17(11-18(19)22(32)30-16-4-2-15(29)3-5-16)31-23(33)21-20(24(21,27)28)12-8-13(25)10-14(26)9-12/h2-11,20-21H,1H3,(H,30,32)(H,31,33)/t20-,21+,35?/m1/s1. The summed E-state index contributed by atoms with van der Waals surface area (Å²) in [6, 6.07) is 14.5. The van der Waals surface area contributed by atoms with E-state index in [0.717, 1.165) is 0 Å². The molecule has 1 aliphatic rings. The van der Waals surface area contributed by atoms with Crippen LogP contribution in [0, 0.1) is 11.7 Å². The van der Waals surface area contributed by atoms with Crippen LogP contribution in [0.4, 0.5) is 15.8 Å². The van der Waals surface area contributed by atoms with Crippen LogP contribution in [0.15, 0.2) is 65.6 Å². The fraction of sp³-hybridized carbons (Fsp3) is 0.167. The lowest BCUT2D eigenvalue weighted by Gasteiger charge is -2.12. The third kappa shape index (κ3) is 5.65. The molecule has 3 atom stereocenters. The molecule has 182 valence electrons. The molecule has 2 N–H and O–H groups in total. The maximum atomic E-state index is 13.2. The number of rotatable bonds is 6. The Morgan fingerprint density at radius 1 is 0.914 bits per heavy atom. The molecule has 0 saturated heterocycles. The van der Waals surface area contributed by atoms with Crippen molar-refractivity contribution < 1.29 is 18.2 Å². The molecule has 3 aromatic carbocycles. The van der Waals surface area contributed by atoms with E-state index in [0.29, 0.717) is 21.3 Å². The molecule has 1 unspecified atom stereocenters. The van der Waals surface area contributed by atoms with Crippen LogP contribution < -0.4 is 10.6 Å². The van der Waals surface area contributed by atoms with Crippen LogP contribution >= 0.6 is 46.4 Å². The van der Waals surface area contributed by atoms with Crippen molar-refractivity contribution in [2.45, 2.75) is 15.1 Å². The van der Waals surface area contributed by atoms with E-state index in [9.17, 15) is 18.2 Å². The smallest absolute Gasteiger partial charge is 0.256 e. The number of amides is 2. The molecule has 0 bridgehead atoms. The van der Waals surface area contributed by atoms with Crippen molar-refractivity contribution in [2.75, 3.05) is 16.9 Å². The number of nitrogens with one attached hydrogen (secondary N) is 2. The summed E-state index contributed by atoms with van der Waals surface area (Å²) in [5.41, 5.74) is 1.36. The van der Waals surface area contributed by atoms with E-state index in [2.05, 4.69) is 10.6 Å². The Bertz CT molecular complexity index is 1330. The number of carbonyl (C=O) groups excluding carboxylic acids is 2. The van der Waals surface area contributed by atoms with E-state index in [4.69, 9.17) is 46.4 Å². The Balaban J connectivity index is 1.56. The Labute approximate surface area is 223 Å². The Morgan fingerprint density at radius 2 is 1.51 bits per heavy atom. The lowest BCUT2D eigenvalue weighted by atomic mass is 10.1. The van der Waals surface area contributed by atoms with E-state index >= 15 is 0 Å². The fourth-order valence-corrected chi connectivity index (χ4v) is 5.90. The fourth-order valence-electron chi connectivity index (χ4n) is 3.81. The number of anilines is 2. The number of hydrogen-bond donors (Lipinski definition) is 2. The maximum absolute atomic E-state index is 13.2. The second-order valence-corrected chi connectivity index (χ2v) is 11.6. The minimum absolute atomic E-state index is 0.0879. The summed E-state index contributed by atoms with van der Waals surface area (Å²) in [7, 11) is -1.49. The minimum atomic E-state index is -1.49. The lowest BCUT2D eigenvalue weighted by molar-refractivity contribution is -0.117. The summed E-state index contributed by atoms with van der Waals surface area (Å²) in [6.07, 6.45) is 1.43. The molecular weight excluding hydrogens is 557 g/mol. The summed E-state index contributed by atoms with van der Waals surface area (Å²) in [5, 5.41) is 6.13. The Morgan fingerprint density at radius 3 is 2.11 bits per heavy atom. The van der Waals surface area contributed by atoms with Crippen LogP contribution in [0.25, 0.3) is 0 Å². The van der Waals surface area contributed by atoms with Gasteiger partial charge in [-0.2, -0.15) is 0 Å². The minimum Gasteiger partial charge on any atom is -0.326 e. The van der Waals surface area contributed by atoms with Crippen molar-refractivity contribution in [1.29, 1.82) is 0 Å². The predicted molar refractivity (Wildman–Crippen MR) is 139 cm³/mol. The lowest BCUT2D eigenvalue weighted by Crippen LogP contribution is -2.19. The number of carbonyl (C=O) groups is 2. The van der Waals surface area contributed by atoms with Gasteiger partial charge in [0.25, 0.3) is 5.91 Å². The van der Waals surface area contributed by atoms with Crippen molar-refractivity contribution in [2.24, 2.45) is 5.92 Å². The zero-order chi connectivity index (χ0) is 25.5. The molecule has 0 heterocycles. The summed E-state index contributed by atoms with van der Waals surface area (Å²) < 4.78 is 24.0. The van der Waals surface area contributed by atoms with Gasteiger partial charge in [-0.25, -0.2) is 4.39 Å². The van der Waals surface area contributed by atoms with Gasteiger partial charge in [0.2, 0.25) is 5.91 Å². The van der Waals surface area contributed by atoms with E-state index in [1.165, 1.54) is 48.7 Å². The first-order chi connectivity index (χ1) is 16.5. The molecule has 5 nitrogen and oxygen atoms in total. The van der Waals surface area contributed by atoms with Crippen LogP contribution in [-0.4, -0.2) is 26.6 Å². The molecule has 1 saturated carbocycles. The molecule has 3 aromatic rings. The molecule has 0 aromatic heterocycles. The van der Waals surface area contributed by atoms with Crippen LogP contribution in [0.3, 0.4) is 0 Å². The SMILES string of the molecule is CS(=O)c1ccc(NC(=O)[C@@H]2[C@@H](c3cc(Cl)cc(Cl)c3)C2(Cl)Cl)cc1C(=O)Nc1ccc(F)cc1. The first kappa shape index (κ1) is 25.9. The van der Waals surface area contributed by atoms with Gasteiger partial charge in [0.15, 0.2) is 0 Å². The van der Waals surface area contributed by atoms with Crippen LogP contribution in [0.1, 0.15) is 21.8 Å². The van der Waals surface area contributed by atoms with Crippen molar-refractivity contribution in [1.82, 2.24) is 0 Å². The van der Waals surface area contributed by atoms with Crippen molar-refractivity contribution in [3.8, 4) is 0 Å². The molecular formula is C24H17Cl4FN2O3S. The van der Waals surface area contributed by atoms with E-state index in [-0.39, 0.29) is 16.1 Å². The largest absolute Gasteiger partial charge is 0.326 e. The quantitative estimate of drug-likeness (QED) is 0.324. The van der Waals surface area contributed by atoms with Gasteiger partial charge in [-0.15, -0.1) is 23.2 Å². The van der Waals surface area contributed by atoms with Gasteiger partial charge < -0.3 is 10.6 Å². The molecule has 11 heteroatoms. The van der Waals surface area contributed by atoms with Gasteiger partial charge in [-0.05, 0) is 66.2 Å². The monoisotopic (exact) mass is 572 g/mol. The number of alkyl halides is 2. The maximum Gasteiger partial charge on any atom is 0.256 e. The van der Waals surface area contributed by atoms with Gasteiger partial charge in [0.1, 0.15) is 10.2 Å². The number of halogens is 5. The number of benzene rings is 3. The van der Waals surface area contributed by atoms with Crippen molar-refractivity contribution >= 4 is 80.4 Å². The number of hydrogen-bond acceptors (Lipinski definition) is 3. The van der Waals surface area contributed by atoms with E-state index < -0.39 is 44.6 Å². The third-order valence-corrected chi connectivity index (χ3v) is 7.84. The molecule has 0 aliphatic heterocycles. The first-order valence-electron chi connectivity index (χ1n) is 10.2. The van der Waals surface area contributed by atoms with Gasteiger partial charge in [0.05, 0.1) is 27.2 Å². The van der Waals surface area contributed by atoms with E-state index in [1.807, 2.05) is 0 Å². The van der Waals surface area contributed by atoms with Gasteiger partial charge >= 0.3 is 0 Å². The normalized spacial score (nSPS) is 19.0. The first-order valence-corrected chi connectivity index (χ1v) is 13.2. The highest BCUT2D eigenvalue weighted by atomic mass is 35.5. The zero-order valence-corrected chi connectivity index (χ0v) is 21.8. The van der Waals surface area contributed by atoms with Crippen LogP contribution in [0.5, 0.6) is 0 Å². The molecule has 0 spiro atoms. The molecule has 2 amide bonds. The third-order valence-electron chi connectivity index (χ3n) is 5.48. The predicted octanol–water partition coefficient (Wildman–Crippen LogP) is 6.65. The molecule has 1 fully saturated rings. The Kier molecular flexibility index (Phi) is 7.46. The van der Waals surface area contributed by atoms with E-state index in [1.54, 1.807) is 18.2 Å². The van der Waals surface area contributed by atoms with Crippen molar-refractivity contribution in [3.05, 3.63) is 87.7 Å². The van der Waals surface area contributed by atoms with Gasteiger partial charge in [-0.1, -0.05) is 23.2 Å². The average molecular weight is 574 g/mol. The highest BCUT2D eigenvalue weighted by Gasteiger charge is 2.67. The summed E-state index contributed by atoms with van der Waals surface area (Å²) in [5.74, 6) is -2.81. The average Bonchev–Trinajstić information content (AvgIpc) is 3.36.